The highest BCUT2D eigenvalue weighted by Crippen LogP contribution is 2.51. The third kappa shape index (κ3) is 4.05. The zero-order valence-corrected chi connectivity index (χ0v) is 25.8. The van der Waals surface area contributed by atoms with Gasteiger partial charge in [-0.3, -0.25) is 0 Å². The van der Waals surface area contributed by atoms with Gasteiger partial charge in [0.2, 0.25) is 0 Å². The number of para-hydroxylation sites is 1. The molecular formula is C43H31N3. The first-order valence-electron chi connectivity index (χ1n) is 15.8. The minimum Gasteiger partial charge on any atom is -0.309 e. The van der Waals surface area contributed by atoms with Crippen LogP contribution in [0.15, 0.2) is 152 Å². The van der Waals surface area contributed by atoms with E-state index in [9.17, 15) is 0 Å². The predicted molar refractivity (Wildman–Crippen MR) is 190 cm³/mol. The van der Waals surface area contributed by atoms with Crippen LogP contribution in [0, 0.1) is 0 Å². The lowest BCUT2D eigenvalue weighted by molar-refractivity contribution is 0.661. The summed E-state index contributed by atoms with van der Waals surface area (Å²) in [5, 5.41) is 2.53. The molecule has 2 aromatic heterocycles. The average molecular weight is 590 g/mol. The van der Waals surface area contributed by atoms with E-state index >= 15 is 0 Å². The molecule has 0 aliphatic heterocycles. The first kappa shape index (κ1) is 26.6. The molecule has 0 saturated carbocycles. The van der Waals surface area contributed by atoms with Crippen molar-refractivity contribution in [3.05, 3.63) is 163 Å². The molecule has 1 aliphatic carbocycles. The molecule has 0 N–H and O–H groups in total. The van der Waals surface area contributed by atoms with E-state index in [2.05, 4.69) is 158 Å². The van der Waals surface area contributed by atoms with Gasteiger partial charge in [0.25, 0.3) is 0 Å². The molecule has 6 aromatic carbocycles. The van der Waals surface area contributed by atoms with Crippen molar-refractivity contribution < 1.29 is 0 Å². The second-order valence-electron chi connectivity index (χ2n) is 12.7. The lowest BCUT2D eigenvalue weighted by atomic mass is 9.82. The van der Waals surface area contributed by atoms with Crippen LogP contribution in [0.3, 0.4) is 0 Å². The van der Waals surface area contributed by atoms with Crippen molar-refractivity contribution in [1.82, 2.24) is 14.5 Å². The van der Waals surface area contributed by atoms with Crippen LogP contribution < -0.4 is 0 Å². The Kier molecular flexibility index (Phi) is 5.85. The summed E-state index contributed by atoms with van der Waals surface area (Å²) in [5.41, 5.74) is 13.8. The Morgan fingerprint density at radius 1 is 0.457 bits per heavy atom. The second-order valence-corrected chi connectivity index (χ2v) is 12.7. The summed E-state index contributed by atoms with van der Waals surface area (Å²) in [7, 11) is 0. The fourth-order valence-corrected chi connectivity index (χ4v) is 7.32. The molecule has 0 amide bonds. The van der Waals surface area contributed by atoms with E-state index in [1.807, 2.05) is 12.1 Å². The van der Waals surface area contributed by atoms with Crippen molar-refractivity contribution >= 4 is 21.8 Å². The monoisotopic (exact) mass is 589 g/mol. The van der Waals surface area contributed by atoms with Gasteiger partial charge in [-0.25, -0.2) is 9.97 Å². The number of hydrogen-bond donors (Lipinski definition) is 0. The normalized spacial score (nSPS) is 13.2. The van der Waals surface area contributed by atoms with E-state index in [1.165, 1.54) is 44.1 Å². The second kappa shape index (κ2) is 10.1. The van der Waals surface area contributed by atoms with Crippen molar-refractivity contribution in [3.63, 3.8) is 0 Å². The SMILES string of the molecule is CC1(C)c2ccccc2-c2cc3c(cc21)c1ccccc1n3-c1cccc(-c2nc(-c3ccccc3)cc(-c3ccccc3)n2)c1. The molecule has 0 radical (unpaired) electrons. The number of aromatic nitrogens is 3. The number of rotatable bonds is 4. The Balaban J connectivity index is 1.27. The van der Waals surface area contributed by atoms with Gasteiger partial charge in [-0.2, -0.15) is 0 Å². The summed E-state index contributed by atoms with van der Waals surface area (Å²) in [5.74, 6) is 0.708. The smallest absolute Gasteiger partial charge is 0.160 e. The minimum absolute atomic E-state index is 0.0548. The van der Waals surface area contributed by atoms with Gasteiger partial charge in [-0.1, -0.05) is 129 Å². The zero-order chi connectivity index (χ0) is 30.8. The fraction of sp³-hybridized carbons (Fsp3) is 0.0698. The van der Waals surface area contributed by atoms with Gasteiger partial charge in [0, 0.05) is 38.6 Å². The molecule has 0 bridgehead atoms. The third-order valence-corrected chi connectivity index (χ3v) is 9.60. The number of nitrogens with zero attached hydrogens (tertiary/aromatic N) is 3. The molecule has 3 heteroatoms. The Bertz CT molecular complexity index is 2380. The van der Waals surface area contributed by atoms with E-state index in [4.69, 9.17) is 9.97 Å². The maximum absolute atomic E-state index is 5.11. The van der Waals surface area contributed by atoms with E-state index in [1.54, 1.807) is 0 Å². The molecule has 9 rings (SSSR count). The van der Waals surface area contributed by atoms with Gasteiger partial charge in [0.05, 0.1) is 22.4 Å². The number of fused-ring (bicyclic) bond motifs is 6. The van der Waals surface area contributed by atoms with Crippen molar-refractivity contribution in [3.8, 4) is 50.7 Å². The van der Waals surface area contributed by atoms with Crippen LogP contribution in [0.25, 0.3) is 72.5 Å². The van der Waals surface area contributed by atoms with Crippen LogP contribution in [-0.2, 0) is 5.41 Å². The minimum atomic E-state index is -0.0548. The van der Waals surface area contributed by atoms with Gasteiger partial charge < -0.3 is 4.57 Å². The molecule has 0 unspecified atom stereocenters. The van der Waals surface area contributed by atoms with E-state index in [0.717, 1.165) is 33.8 Å². The molecule has 0 saturated heterocycles. The quantitative estimate of drug-likeness (QED) is 0.204. The van der Waals surface area contributed by atoms with E-state index in [-0.39, 0.29) is 5.41 Å². The van der Waals surface area contributed by atoms with Gasteiger partial charge in [0.1, 0.15) is 0 Å². The van der Waals surface area contributed by atoms with E-state index in [0.29, 0.717) is 5.82 Å². The molecule has 0 spiro atoms. The molecule has 3 nitrogen and oxygen atoms in total. The lowest BCUT2D eigenvalue weighted by Crippen LogP contribution is -2.14. The molecule has 46 heavy (non-hydrogen) atoms. The van der Waals surface area contributed by atoms with Gasteiger partial charge in [-0.05, 0) is 58.7 Å². The summed E-state index contributed by atoms with van der Waals surface area (Å²) in [6.07, 6.45) is 0. The van der Waals surface area contributed by atoms with Crippen LogP contribution >= 0.6 is 0 Å². The Labute approximate surface area is 268 Å². The average Bonchev–Trinajstić information content (AvgIpc) is 3.56. The Morgan fingerprint density at radius 3 is 1.83 bits per heavy atom. The highest BCUT2D eigenvalue weighted by Gasteiger charge is 2.36. The summed E-state index contributed by atoms with van der Waals surface area (Å²) >= 11 is 0. The van der Waals surface area contributed by atoms with Gasteiger partial charge >= 0.3 is 0 Å². The van der Waals surface area contributed by atoms with Crippen molar-refractivity contribution in [2.45, 2.75) is 19.3 Å². The standard InChI is InChI=1S/C43H31N3/c1-43(2)36-22-11-9-20-32(36)34-26-41-35(25-37(34)43)33-21-10-12-23-40(33)46(41)31-19-13-18-30(24-31)42-44-38(28-14-5-3-6-15-28)27-39(45-42)29-16-7-4-8-17-29/h3-27H,1-2H3. The molecular weight excluding hydrogens is 558 g/mol. The molecule has 2 heterocycles. The summed E-state index contributed by atoms with van der Waals surface area (Å²) in [6, 6.07) is 53.9. The molecule has 0 atom stereocenters. The van der Waals surface area contributed by atoms with Crippen LogP contribution in [0.2, 0.25) is 0 Å². The van der Waals surface area contributed by atoms with Crippen LogP contribution in [0.4, 0.5) is 0 Å². The third-order valence-electron chi connectivity index (χ3n) is 9.60. The van der Waals surface area contributed by atoms with Gasteiger partial charge in [-0.15, -0.1) is 0 Å². The first-order chi connectivity index (χ1) is 22.6. The first-order valence-corrected chi connectivity index (χ1v) is 15.8. The zero-order valence-electron chi connectivity index (χ0n) is 25.8. The summed E-state index contributed by atoms with van der Waals surface area (Å²) in [6.45, 7) is 4.69. The fourth-order valence-electron chi connectivity index (χ4n) is 7.32. The highest BCUT2D eigenvalue weighted by molar-refractivity contribution is 6.11. The van der Waals surface area contributed by atoms with Crippen molar-refractivity contribution in [1.29, 1.82) is 0 Å². The van der Waals surface area contributed by atoms with Crippen LogP contribution in [0.1, 0.15) is 25.0 Å². The van der Waals surface area contributed by atoms with Crippen molar-refractivity contribution in [2.75, 3.05) is 0 Å². The van der Waals surface area contributed by atoms with Crippen LogP contribution in [-0.4, -0.2) is 14.5 Å². The Hall–Kier alpha value is -5.80. The number of benzene rings is 6. The maximum Gasteiger partial charge on any atom is 0.160 e. The van der Waals surface area contributed by atoms with Crippen LogP contribution in [0.5, 0.6) is 0 Å². The number of hydrogen-bond acceptors (Lipinski definition) is 2. The molecule has 0 fully saturated rings. The summed E-state index contributed by atoms with van der Waals surface area (Å²) in [4.78, 5) is 10.2. The van der Waals surface area contributed by atoms with Gasteiger partial charge in [0.15, 0.2) is 5.82 Å². The molecule has 1 aliphatic rings. The topological polar surface area (TPSA) is 30.7 Å². The molecule has 218 valence electrons. The lowest BCUT2D eigenvalue weighted by Gasteiger charge is -2.21. The summed E-state index contributed by atoms with van der Waals surface area (Å²) < 4.78 is 2.40. The maximum atomic E-state index is 5.11. The van der Waals surface area contributed by atoms with E-state index < -0.39 is 0 Å². The molecule has 8 aromatic rings. The predicted octanol–water partition coefficient (Wildman–Crippen LogP) is 10.9. The Morgan fingerprint density at radius 2 is 1.09 bits per heavy atom. The van der Waals surface area contributed by atoms with Crippen molar-refractivity contribution in [2.24, 2.45) is 0 Å². The highest BCUT2D eigenvalue weighted by atomic mass is 15.0. The largest absolute Gasteiger partial charge is 0.309 e.